The molecule has 0 aromatic carbocycles. The number of rotatable bonds is 6. The van der Waals surface area contributed by atoms with Crippen LogP contribution in [0.15, 0.2) is 87.1 Å². The highest BCUT2D eigenvalue weighted by Crippen LogP contribution is 2.38. The molecule has 0 atom stereocenters. The van der Waals surface area contributed by atoms with Crippen molar-refractivity contribution in [2.45, 2.75) is 20.1 Å². The Balaban J connectivity index is 1.58. The normalized spacial score (nSPS) is 10.5. The number of hydrogen-bond donors (Lipinski definition) is 0. The minimum absolute atomic E-state index is 0.974. The van der Waals surface area contributed by atoms with Gasteiger partial charge in [0, 0.05) is 12.4 Å². The van der Waals surface area contributed by atoms with E-state index in [0.29, 0.717) is 0 Å². The van der Waals surface area contributed by atoms with Crippen LogP contribution >= 0.6 is 43.2 Å². The summed E-state index contributed by atoms with van der Waals surface area (Å²) in [5.41, 5.74) is 0. The number of aromatic nitrogens is 3. The van der Waals surface area contributed by atoms with Gasteiger partial charge in [0.05, 0.1) is 0 Å². The van der Waals surface area contributed by atoms with E-state index in [9.17, 15) is 0 Å². The highest BCUT2D eigenvalue weighted by molar-refractivity contribution is 8.77. The van der Waals surface area contributed by atoms with Crippen molar-refractivity contribution in [2.24, 2.45) is 0 Å². The quantitative estimate of drug-likeness (QED) is 0.539. The van der Waals surface area contributed by atoms with E-state index >= 15 is 0 Å². The lowest BCUT2D eigenvalue weighted by molar-refractivity contribution is 1.02. The first-order chi connectivity index (χ1) is 10.9. The number of pyridine rings is 3. The highest BCUT2D eigenvalue weighted by Gasteiger charge is 2.03. The zero-order valence-corrected chi connectivity index (χ0v) is 14.6. The van der Waals surface area contributed by atoms with Crippen molar-refractivity contribution in [3.8, 4) is 0 Å². The first kappa shape index (κ1) is 15.7. The molecule has 0 aliphatic carbocycles. The third-order valence-electron chi connectivity index (χ3n) is 2.40. The van der Waals surface area contributed by atoms with Crippen molar-refractivity contribution in [1.29, 1.82) is 0 Å². The third kappa shape index (κ3) is 4.95. The maximum atomic E-state index is 4.63. The molecule has 3 heterocycles. The summed E-state index contributed by atoms with van der Waals surface area (Å²) in [6, 6.07) is 17.8. The molecule has 0 aliphatic rings. The summed E-state index contributed by atoms with van der Waals surface area (Å²) >= 11 is 0. The van der Waals surface area contributed by atoms with E-state index in [-0.39, 0.29) is 0 Å². The van der Waals surface area contributed by atoms with E-state index in [1.165, 1.54) is 0 Å². The van der Waals surface area contributed by atoms with Crippen LogP contribution in [0.2, 0.25) is 0 Å². The molecule has 22 heavy (non-hydrogen) atoms. The van der Waals surface area contributed by atoms with E-state index in [1.807, 2.05) is 54.6 Å². The van der Waals surface area contributed by atoms with Gasteiger partial charge >= 0.3 is 0 Å². The molecule has 0 saturated carbocycles. The van der Waals surface area contributed by atoms with E-state index in [0.717, 1.165) is 20.1 Å². The molecule has 0 bridgehead atoms. The lowest BCUT2D eigenvalue weighted by atomic mass is 10.5. The molecular formula is C15H11N3S4. The SMILES string of the molecule is c1ccc(SSc2cccc(SSc3ccccn3)n2)nc1. The average Bonchev–Trinajstić information content (AvgIpc) is 2.60. The maximum Gasteiger partial charge on any atom is 0.108 e. The van der Waals surface area contributed by atoms with Crippen LogP contribution in [-0.2, 0) is 0 Å². The molecule has 3 rings (SSSR count). The van der Waals surface area contributed by atoms with Gasteiger partial charge in [0.1, 0.15) is 20.1 Å². The Bertz CT molecular complexity index is 651. The van der Waals surface area contributed by atoms with Crippen molar-refractivity contribution < 1.29 is 0 Å². The Labute approximate surface area is 144 Å². The molecule has 0 radical (unpaired) electrons. The van der Waals surface area contributed by atoms with Gasteiger partial charge in [-0.3, -0.25) is 0 Å². The zero-order valence-electron chi connectivity index (χ0n) is 11.3. The predicted octanol–water partition coefficient (Wildman–Crippen LogP) is 5.47. The fourth-order valence-corrected chi connectivity index (χ4v) is 5.04. The van der Waals surface area contributed by atoms with Crippen LogP contribution in [0.4, 0.5) is 0 Å². The van der Waals surface area contributed by atoms with E-state index in [4.69, 9.17) is 0 Å². The molecule has 110 valence electrons. The van der Waals surface area contributed by atoms with Crippen molar-refractivity contribution in [3.05, 3.63) is 67.0 Å². The van der Waals surface area contributed by atoms with Crippen molar-refractivity contribution in [1.82, 2.24) is 15.0 Å². The summed E-state index contributed by atoms with van der Waals surface area (Å²) in [7, 11) is 6.45. The average molecular weight is 362 g/mol. The van der Waals surface area contributed by atoms with Crippen LogP contribution in [0.3, 0.4) is 0 Å². The maximum absolute atomic E-state index is 4.63. The molecule has 0 fully saturated rings. The van der Waals surface area contributed by atoms with E-state index in [1.54, 1.807) is 55.6 Å². The summed E-state index contributed by atoms with van der Waals surface area (Å²) in [6.45, 7) is 0. The second kappa shape index (κ2) is 8.47. The van der Waals surface area contributed by atoms with Gasteiger partial charge in [0.15, 0.2) is 0 Å². The number of hydrogen-bond acceptors (Lipinski definition) is 7. The molecule has 0 saturated heterocycles. The summed E-state index contributed by atoms with van der Waals surface area (Å²) in [5, 5.41) is 3.91. The Hall–Kier alpha value is -1.15. The zero-order chi connectivity index (χ0) is 15.0. The van der Waals surface area contributed by atoms with Gasteiger partial charge in [0.25, 0.3) is 0 Å². The van der Waals surface area contributed by atoms with Gasteiger partial charge < -0.3 is 0 Å². The summed E-state index contributed by atoms with van der Waals surface area (Å²) < 4.78 is 0. The molecule has 0 N–H and O–H groups in total. The Morgan fingerprint density at radius 1 is 0.500 bits per heavy atom. The van der Waals surface area contributed by atoms with Crippen molar-refractivity contribution in [2.75, 3.05) is 0 Å². The van der Waals surface area contributed by atoms with Gasteiger partial charge in [-0.2, -0.15) is 0 Å². The van der Waals surface area contributed by atoms with Crippen molar-refractivity contribution in [3.63, 3.8) is 0 Å². The third-order valence-corrected chi connectivity index (χ3v) is 6.73. The van der Waals surface area contributed by atoms with Crippen LogP contribution in [0.1, 0.15) is 0 Å². The molecule has 0 spiro atoms. The fourth-order valence-electron chi connectivity index (χ4n) is 1.45. The largest absolute Gasteiger partial charge is 0.249 e. The second-order valence-electron chi connectivity index (χ2n) is 3.98. The lowest BCUT2D eigenvalue weighted by Crippen LogP contribution is -1.81. The minimum Gasteiger partial charge on any atom is -0.249 e. The Morgan fingerprint density at radius 3 is 1.41 bits per heavy atom. The van der Waals surface area contributed by atoms with Crippen molar-refractivity contribution >= 4 is 43.2 Å². The van der Waals surface area contributed by atoms with E-state index < -0.39 is 0 Å². The van der Waals surface area contributed by atoms with Crippen LogP contribution in [0.25, 0.3) is 0 Å². The minimum atomic E-state index is 0.974. The van der Waals surface area contributed by atoms with Gasteiger partial charge in [-0.25, -0.2) is 15.0 Å². The number of nitrogens with zero attached hydrogens (tertiary/aromatic N) is 3. The Morgan fingerprint density at radius 2 is 0.955 bits per heavy atom. The van der Waals surface area contributed by atoms with Crippen LogP contribution < -0.4 is 0 Å². The van der Waals surface area contributed by atoms with Gasteiger partial charge in [-0.15, -0.1) is 0 Å². The molecule has 3 nitrogen and oxygen atoms in total. The fraction of sp³-hybridized carbons (Fsp3) is 0. The Kier molecular flexibility index (Phi) is 6.06. The highest BCUT2D eigenvalue weighted by atomic mass is 33.1. The van der Waals surface area contributed by atoms with Gasteiger partial charge in [-0.05, 0) is 79.6 Å². The predicted molar refractivity (Wildman–Crippen MR) is 96.1 cm³/mol. The molecule has 3 aromatic rings. The standard InChI is InChI=1S/C15H11N3S4/c1-3-10-16-12(6-1)19-21-14-8-5-9-15(18-14)22-20-13-7-2-4-11-17-13/h1-11H. The van der Waals surface area contributed by atoms with Crippen LogP contribution in [-0.4, -0.2) is 15.0 Å². The monoisotopic (exact) mass is 361 g/mol. The second-order valence-corrected chi connectivity index (χ2v) is 8.32. The van der Waals surface area contributed by atoms with Gasteiger partial charge in [-0.1, -0.05) is 18.2 Å². The summed E-state index contributed by atoms with van der Waals surface area (Å²) in [5.74, 6) is 0. The lowest BCUT2D eigenvalue weighted by Gasteiger charge is -2.03. The summed E-state index contributed by atoms with van der Waals surface area (Å²) in [4.78, 5) is 13.2. The molecule has 0 amide bonds. The van der Waals surface area contributed by atoms with Crippen LogP contribution in [0, 0.1) is 0 Å². The van der Waals surface area contributed by atoms with Gasteiger partial charge in [0.2, 0.25) is 0 Å². The topological polar surface area (TPSA) is 38.7 Å². The summed E-state index contributed by atoms with van der Waals surface area (Å²) in [6.07, 6.45) is 3.60. The van der Waals surface area contributed by atoms with Crippen LogP contribution in [0.5, 0.6) is 0 Å². The first-order valence-corrected chi connectivity index (χ1v) is 10.7. The molecule has 7 heteroatoms. The first-order valence-electron chi connectivity index (χ1n) is 6.38. The molecular weight excluding hydrogens is 350 g/mol. The van der Waals surface area contributed by atoms with E-state index in [2.05, 4.69) is 15.0 Å². The smallest absolute Gasteiger partial charge is 0.108 e. The molecule has 0 unspecified atom stereocenters. The molecule has 3 aromatic heterocycles. The molecule has 0 aliphatic heterocycles.